The zero-order chi connectivity index (χ0) is 27.8. The van der Waals surface area contributed by atoms with Crippen LogP contribution in [0.4, 0.5) is 20.7 Å². The van der Waals surface area contributed by atoms with E-state index in [9.17, 15) is 14.4 Å². The first-order valence-corrected chi connectivity index (χ1v) is 12.6. The molecule has 10 nitrogen and oxygen atoms in total. The van der Waals surface area contributed by atoms with Gasteiger partial charge in [-0.2, -0.15) is 9.78 Å². The van der Waals surface area contributed by atoms with Crippen molar-refractivity contribution in [3.8, 4) is 16.8 Å². The summed E-state index contributed by atoms with van der Waals surface area (Å²) in [6.45, 7) is 4.00. The Labute approximate surface area is 224 Å². The summed E-state index contributed by atoms with van der Waals surface area (Å²) in [5, 5.41) is 6.66. The van der Waals surface area contributed by atoms with E-state index in [1.807, 2.05) is 13.8 Å². The summed E-state index contributed by atoms with van der Waals surface area (Å²) in [5.74, 6) is -0.924. The van der Waals surface area contributed by atoms with Gasteiger partial charge in [0.2, 0.25) is 0 Å². The van der Waals surface area contributed by atoms with Crippen molar-refractivity contribution in [2.75, 3.05) is 23.4 Å². The molecular formula is C28H28FN7O3. The molecule has 200 valence electrons. The molecule has 3 amide bonds. The number of aryl methyl sites for hydroxylation is 2. The summed E-state index contributed by atoms with van der Waals surface area (Å²) in [6.07, 6.45) is 1.96. The van der Waals surface area contributed by atoms with Gasteiger partial charge in [-0.15, -0.1) is 0 Å². The van der Waals surface area contributed by atoms with Crippen molar-refractivity contribution in [1.29, 1.82) is 0 Å². The minimum absolute atomic E-state index is 0.0452. The third kappa shape index (κ3) is 4.56. The summed E-state index contributed by atoms with van der Waals surface area (Å²) < 4.78 is 18.7. The Morgan fingerprint density at radius 1 is 1.10 bits per heavy atom. The van der Waals surface area contributed by atoms with E-state index in [1.54, 1.807) is 73.6 Å². The van der Waals surface area contributed by atoms with Gasteiger partial charge in [0.25, 0.3) is 5.91 Å². The van der Waals surface area contributed by atoms with E-state index in [-0.39, 0.29) is 30.0 Å². The Morgan fingerprint density at radius 3 is 2.49 bits per heavy atom. The molecule has 1 atom stereocenters. The number of benzene rings is 2. The highest BCUT2D eigenvalue weighted by atomic mass is 19.1. The van der Waals surface area contributed by atoms with Crippen LogP contribution >= 0.6 is 0 Å². The van der Waals surface area contributed by atoms with Crippen molar-refractivity contribution < 1.29 is 14.0 Å². The Kier molecular flexibility index (Phi) is 6.73. The van der Waals surface area contributed by atoms with Crippen LogP contribution in [0.1, 0.15) is 29.9 Å². The van der Waals surface area contributed by atoms with Crippen molar-refractivity contribution in [3.05, 3.63) is 88.5 Å². The maximum Gasteiger partial charge on any atom is 0.350 e. The van der Waals surface area contributed by atoms with E-state index in [0.717, 1.165) is 0 Å². The van der Waals surface area contributed by atoms with Crippen molar-refractivity contribution in [3.63, 3.8) is 0 Å². The molecule has 1 aliphatic heterocycles. The monoisotopic (exact) mass is 529 g/mol. The van der Waals surface area contributed by atoms with E-state index >= 15 is 4.39 Å². The number of nitrogens with one attached hydrogen (secondary N) is 1. The quantitative estimate of drug-likeness (QED) is 0.412. The predicted octanol–water partition coefficient (Wildman–Crippen LogP) is 3.53. The zero-order valence-electron chi connectivity index (χ0n) is 22.1. The molecule has 1 N–H and O–H groups in total. The summed E-state index contributed by atoms with van der Waals surface area (Å²) in [4.78, 5) is 45.4. The highest BCUT2D eigenvalue weighted by Gasteiger charge is 2.39. The summed E-state index contributed by atoms with van der Waals surface area (Å²) >= 11 is 0. The molecular weight excluding hydrogens is 501 g/mol. The van der Waals surface area contributed by atoms with E-state index in [0.29, 0.717) is 40.2 Å². The third-order valence-electron chi connectivity index (χ3n) is 6.80. The lowest BCUT2D eigenvalue weighted by Crippen LogP contribution is -2.34. The molecule has 0 unspecified atom stereocenters. The fourth-order valence-electron chi connectivity index (χ4n) is 4.70. The molecule has 0 spiro atoms. The fraction of sp³-hybridized carbons (Fsp3) is 0.250. The Morgan fingerprint density at radius 2 is 1.85 bits per heavy atom. The fourth-order valence-corrected chi connectivity index (χ4v) is 4.70. The maximum absolute atomic E-state index is 16.1. The van der Waals surface area contributed by atoms with Crippen LogP contribution in [-0.2, 0) is 13.5 Å². The van der Waals surface area contributed by atoms with Crippen LogP contribution < -0.4 is 20.8 Å². The van der Waals surface area contributed by atoms with Gasteiger partial charge in [0, 0.05) is 43.1 Å². The van der Waals surface area contributed by atoms with Gasteiger partial charge < -0.3 is 5.32 Å². The number of pyridine rings is 1. The molecule has 0 bridgehead atoms. The third-order valence-corrected chi connectivity index (χ3v) is 6.80. The van der Waals surface area contributed by atoms with Crippen LogP contribution in [0.15, 0.2) is 65.7 Å². The van der Waals surface area contributed by atoms with Crippen LogP contribution in [0.5, 0.6) is 0 Å². The summed E-state index contributed by atoms with van der Waals surface area (Å²) in [7, 11) is 3.15. The number of nitrogens with zero attached hydrogens (tertiary/aromatic N) is 6. The van der Waals surface area contributed by atoms with Crippen molar-refractivity contribution in [2.45, 2.75) is 26.3 Å². The molecule has 2 aromatic heterocycles. The van der Waals surface area contributed by atoms with Crippen LogP contribution in [0.25, 0.3) is 16.8 Å². The number of halogens is 1. The first-order chi connectivity index (χ1) is 18.7. The average molecular weight is 530 g/mol. The van der Waals surface area contributed by atoms with E-state index in [4.69, 9.17) is 0 Å². The van der Waals surface area contributed by atoms with E-state index in [2.05, 4.69) is 15.4 Å². The molecule has 0 saturated carbocycles. The van der Waals surface area contributed by atoms with Crippen molar-refractivity contribution in [1.82, 2.24) is 24.6 Å². The van der Waals surface area contributed by atoms with Gasteiger partial charge >= 0.3 is 11.7 Å². The Bertz CT molecular complexity index is 1630. The summed E-state index contributed by atoms with van der Waals surface area (Å²) in [5.41, 5.74) is 2.74. The zero-order valence-corrected chi connectivity index (χ0v) is 22.1. The molecule has 4 aromatic rings. The highest BCUT2D eigenvalue weighted by Crippen LogP contribution is 2.34. The van der Waals surface area contributed by atoms with Gasteiger partial charge in [0.1, 0.15) is 6.33 Å². The SMILES string of the molecule is CCc1cc(-c2ccc(-n3ncn(C)c3=O)cc2)c(F)c(N2C[C@H](C)N(c3cccc(C(=O)NC)c3)C2=O)n1. The van der Waals surface area contributed by atoms with Crippen molar-refractivity contribution in [2.24, 2.45) is 7.05 Å². The molecule has 5 rings (SSSR count). The van der Waals surface area contributed by atoms with Gasteiger partial charge in [0.05, 0.1) is 11.7 Å². The minimum atomic E-state index is -0.614. The van der Waals surface area contributed by atoms with Gasteiger partial charge in [-0.1, -0.05) is 25.1 Å². The first kappa shape index (κ1) is 25.8. The standard InChI is InChI=1S/C28H28FN7O3/c1-5-20-14-23(18-9-11-21(12-10-18)36-27(38)33(4)16-31-36)24(29)25(32-20)34-15-17(2)35(28(34)39)22-8-6-7-19(13-22)26(37)30-3/h6-14,16-17H,5,15H2,1-4H3,(H,30,37)/t17-/m0/s1. The van der Waals surface area contributed by atoms with Gasteiger partial charge in [-0.25, -0.2) is 19.0 Å². The number of urea groups is 1. The molecule has 39 heavy (non-hydrogen) atoms. The van der Waals surface area contributed by atoms with Crippen LogP contribution in [0.2, 0.25) is 0 Å². The molecule has 0 aliphatic carbocycles. The van der Waals surface area contributed by atoms with E-state index < -0.39 is 11.8 Å². The molecule has 3 heterocycles. The lowest BCUT2D eigenvalue weighted by Gasteiger charge is -2.22. The van der Waals surface area contributed by atoms with E-state index in [1.165, 1.54) is 20.5 Å². The Balaban J connectivity index is 1.51. The highest BCUT2D eigenvalue weighted by molar-refractivity contribution is 6.07. The second kappa shape index (κ2) is 10.2. The molecule has 1 fully saturated rings. The molecule has 11 heteroatoms. The smallest absolute Gasteiger partial charge is 0.350 e. The number of aromatic nitrogens is 4. The number of hydrogen-bond acceptors (Lipinski definition) is 5. The predicted molar refractivity (Wildman–Crippen MR) is 146 cm³/mol. The molecule has 1 saturated heterocycles. The molecule has 1 aliphatic rings. The number of carbonyl (C=O) groups is 2. The topological polar surface area (TPSA) is 105 Å². The number of carbonyl (C=O) groups excluding carboxylic acids is 2. The van der Waals surface area contributed by atoms with Gasteiger partial charge in [-0.3, -0.25) is 19.2 Å². The lowest BCUT2D eigenvalue weighted by atomic mass is 10.0. The normalized spacial score (nSPS) is 15.2. The maximum atomic E-state index is 16.1. The summed E-state index contributed by atoms with van der Waals surface area (Å²) in [6, 6.07) is 14.5. The Hall–Kier alpha value is -4.80. The second-order valence-corrected chi connectivity index (χ2v) is 9.38. The number of hydrogen-bond donors (Lipinski definition) is 1. The van der Waals surface area contributed by atoms with Crippen molar-refractivity contribution >= 4 is 23.4 Å². The van der Waals surface area contributed by atoms with Crippen LogP contribution in [0.3, 0.4) is 0 Å². The minimum Gasteiger partial charge on any atom is -0.355 e. The average Bonchev–Trinajstić information content (AvgIpc) is 3.45. The lowest BCUT2D eigenvalue weighted by molar-refractivity contribution is 0.0963. The van der Waals surface area contributed by atoms with Gasteiger partial charge in [0.15, 0.2) is 11.6 Å². The number of amides is 3. The van der Waals surface area contributed by atoms with Gasteiger partial charge in [-0.05, 0) is 55.3 Å². The molecule has 0 radical (unpaired) electrons. The number of rotatable bonds is 6. The van der Waals surface area contributed by atoms with Crippen LogP contribution in [-0.4, -0.2) is 50.9 Å². The largest absolute Gasteiger partial charge is 0.355 e. The molecule has 2 aromatic carbocycles. The number of anilines is 2. The first-order valence-electron chi connectivity index (χ1n) is 12.6. The second-order valence-electron chi connectivity index (χ2n) is 9.38. The van der Waals surface area contributed by atoms with Crippen LogP contribution in [0, 0.1) is 5.82 Å².